The van der Waals surface area contributed by atoms with Crippen molar-refractivity contribution < 1.29 is 19.3 Å². The number of ketones is 2. The lowest BCUT2D eigenvalue weighted by atomic mass is 9.86. The van der Waals surface area contributed by atoms with Crippen molar-refractivity contribution in [2.24, 2.45) is 5.92 Å². The van der Waals surface area contributed by atoms with Crippen molar-refractivity contribution in [3.05, 3.63) is 75.3 Å². The molecule has 0 aliphatic carbocycles. The van der Waals surface area contributed by atoms with E-state index >= 15 is 0 Å². The minimum atomic E-state index is -1.18. The average Bonchev–Trinajstić information content (AvgIpc) is 2.98. The Morgan fingerprint density at radius 3 is 2.23 bits per heavy atom. The molecule has 3 rings (SSSR count). The molecule has 8 nitrogen and oxygen atoms in total. The third kappa shape index (κ3) is 4.69. The van der Waals surface area contributed by atoms with E-state index in [9.17, 15) is 24.5 Å². The van der Waals surface area contributed by atoms with Crippen molar-refractivity contribution in [3.63, 3.8) is 0 Å². The highest BCUT2D eigenvalue weighted by molar-refractivity contribution is 6.44. The summed E-state index contributed by atoms with van der Waals surface area (Å²) in [6.45, 7) is 2.91. The zero-order valence-corrected chi connectivity index (χ0v) is 17.8. The molecule has 162 valence electrons. The van der Waals surface area contributed by atoms with Crippen LogP contribution in [0.4, 0.5) is 5.69 Å². The largest absolute Gasteiger partial charge is 0.328 e. The van der Waals surface area contributed by atoms with Crippen LogP contribution in [0.5, 0.6) is 0 Å². The number of rotatable bonds is 8. The highest BCUT2D eigenvalue weighted by atomic mass is 16.6. The second kappa shape index (κ2) is 9.18. The third-order valence-electron chi connectivity index (χ3n) is 5.47. The summed E-state index contributed by atoms with van der Waals surface area (Å²) in [5, 5.41) is 11.0. The topological polar surface area (TPSA) is 101 Å². The van der Waals surface area contributed by atoms with Crippen LogP contribution in [0.25, 0.3) is 0 Å². The fraction of sp³-hybridized carbons (Fsp3) is 0.348. The van der Waals surface area contributed by atoms with E-state index in [1.807, 2.05) is 25.9 Å². The number of Topliss-reactive ketones (excluding diaryl/α,β-unsaturated/α-hetero) is 2. The van der Waals surface area contributed by atoms with Crippen LogP contribution < -0.4 is 0 Å². The van der Waals surface area contributed by atoms with Crippen LogP contribution in [-0.2, 0) is 9.59 Å². The Bertz CT molecular complexity index is 999. The molecule has 8 heteroatoms. The molecule has 2 unspecified atom stereocenters. The first kappa shape index (κ1) is 22.3. The molecule has 2 atom stereocenters. The van der Waals surface area contributed by atoms with Gasteiger partial charge >= 0.3 is 0 Å². The number of hydrogen-bond acceptors (Lipinski definition) is 6. The zero-order chi connectivity index (χ0) is 22.7. The van der Waals surface area contributed by atoms with Gasteiger partial charge in [0.2, 0.25) is 5.78 Å². The summed E-state index contributed by atoms with van der Waals surface area (Å²) in [6.07, 6.45) is 0.626. The van der Waals surface area contributed by atoms with Gasteiger partial charge in [-0.05, 0) is 39.5 Å². The quantitative estimate of drug-likeness (QED) is 0.213. The molecule has 1 saturated heterocycles. The first-order valence-electron chi connectivity index (χ1n) is 10.1. The van der Waals surface area contributed by atoms with Crippen LogP contribution >= 0.6 is 0 Å². The average molecular weight is 423 g/mol. The van der Waals surface area contributed by atoms with Gasteiger partial charge in [-0.2, -0.15) is 0 Å². The van der Waals surface area contributed by atoms with Crippen LogP contribution in [0.2, 0.25) is 0 Å². The van der Waals surface area contributed by atoms with E-state index in [2.05, 4.69) is 0 Å². The number of carbonyl (C=O) groups is 3. The van der Waals surface area contributed by atoms with E-state index in [-0.39, 0.29) is 5.69 Å². The SMILES string of the molecule is Cc1ccc(C(=O)C2C(=O)C(=O)N(CCCN(C)C)C2c2ccc([N+](=O)[O-])cc2)cc1. The van der Waals surface area contributed by atoms with Gasteiger partial charge in [0.15, 0.2) is 5.78 Å². The maximum Gasteiger partial charge on any atom is 0.291 e. The summed E-state index contributed by atoms with van der Waals surface area (Å²) >= 11 is 0. The Morgan fingerprint density at radius 1 is 1.06 bits per heavy atom. The van der Waals surface area contributed by atoms with Gasteiger partial charge in [0.25, 0.3) is 11.6 Å². The summed E-state index contributed by atoms with van der Waals surface area (Å²) in [5.74, 6) is -3.03. The van der Waals surface area contributed by atoms with Gasteiger partial charge in [-0.25, -0.2) is 0 Å². The highest BCUT2D eigenvalue weighted by Crippen LogP contribution is 2.38. The second-order valence-electron chi connectivity index (χ2n) is 8.02. The van der Waals surface area contributed by atoms with Crippen LogP contribution in [0.3, 0.4) is 0 Å². The lowest BCUT2D eigenvalue weighted by Crippen LogP contribution is -2.33. The standard InChI is InChI=1S/C23H25N3O5/c1-15-5-7-17(8-6-15)21(27)19-20(16-9-11-18(12-10-16)26(30)31)25(23(29)22(19)28)14-4-13-24(2)3/h5-12,19-20H,4,13-14H2,1-3H3. The molecule has 1 amide bonds. The van der Waals surface area contributed by atoms with Crippen LogP contribution in [0.1, 0.15) is 33.9 Å². The summed E-state index contributed by atoms with van der Waals surface area (Å²) in [7, 11) is 3.82. The van der Waals surface area contributed by atoms with Crippen molar-refractivity contribution in [2.75, 3.05) is 27.2 Å². The van der Waals surface area contributed by atoms with E-state index < -0.39 is 34.4 Å². The van der Waals surface area contributed by atoms with E-state index in [1.54, 1.807) is 24.3 Å². The Morgan fingerprint density at radius 2 is 1.68 bits per heavy atom. The van der Waals surface area contributed by atoms with Gasteiger partial charge < -0.3 is 9.80 Å². The molecule has 1 fully saturated rings. The van der Waals surface area contributed by atoms with Crippen LogP contribution in [0, 0.1) is 23.0 Å². The molecule has 0 N–H and O–H groups in total. The molecule has 0 spiro atoms. The van der Waals surface area contributed by atoms with Crippen molar-refractivity contribution in [2.45, 2.75) is 19.4 Å². The number of likely N-dealkylation sites (tertiary alicyclic amines) is 1. The minimum Gasteiger partial charge on any atom is -0.328 e. The van der Waals surface area contributed by atoms with E-state index in [0.717, 1.165) is 5.56 Å². The van der Waals surface area contributed by atoms with Crippen molar-refractivity contribution in [3.8, 4) is 0 Å². The first-order chi connectivity index (χ1) is 14.7. The summed E-state index contributed by atoms with van der Waals surface area (Å²) in [6, 6.07) is 11.8. The van der Waals surface area contributed by atoms with Gasteiger partial charge in [-0.3, -0.25) is 24.5 Å². The Labute approximate surface area is 180 Å². The van der Waals surface area contributed by atoms with Gasteiger partial charge in [-0.1, -0.05) is 42.0 Å². The fourth-order valence-corrected chi connectivity index (χ4v) is 3.85. The molecule has 2 aromatic carbocycles. The number of nitro groups is 1. The van der Waals surface area contributed by atoms with Gasteiger partial charge in [-0.15, -0.1) is 0 Å². The number of amides is 1. The molecule has 2 aromatic rings. The van der Waals surface area contributed by atoms with Gasteiger partial charge in [0.1, 0.15) is 5.92 Å². The molecule has 1 heterocycles. The molecule has 0 saturated carbocycles. The predicted molar refractivity (Wildman–Crippen MR) is 115 cm³/mol. The number of non-ortho nitro benzene ring substituents is 1. The van der Waals surface area contributed by atoms with Crippen molar-refractivity contribution in [1.82, 2.24) is 9.80 Å². The Hall–Kier alpha value is -3.39. The van der Waals surface area contributed by atoms with Crippen molar-refractivity contribution in [1.29, 1.82) is 0 Å². The smallest absolute Gasteiger partial charge is 0.291 e. The first-order valence-corrected chi connectivity index (χ1v) is 10.1. The molecule has 1 aliphatic heterocycles. The number of nitro benzene ring substituents is 1. The van der Waals surface area contributed by atoms with E-state index in [4.69, 9.17) is 0 Å². The number of benzene rings is 2. The number of aryl methyl sites for hydroxylation is 1. The zero-order valence-electron chi connectivity index (χ0n) is 17.8. The molecular weight excluding hydrogens is 398 g/mol. The van der Waals surface area contributed by atoms with Crippen LogP contribution in [0.15, 0.2) is 48.5 Å². The maximum atomic E-state index is 13.3. The normalized spacial score (nSPS) is 18.6. The van der Waals surface area contributed by atoms with E-state index in [1.165, 1.54) is 29.2 Å². The predicted octanol–water partition coefficient (Wildman–Crippen LogP) is 2.81. The third-order valence-corrected chi connectivity index (χ3v) is 5.47. The lowest BCUT2D eigenvalue weighted by Gasteiger charge is -2.27. The number of carbonyl (C=O) groups excluding carboxylic acids is 3. The number of hydrogen-bond donors (Lipinski definition) is 0. The van der Waals surface area contributed by atoms with E-state index in [0.29, 0.717) is 30.6 Å². The minimum absolute atomic E-state index is 0.0973. The Kier molecular flexibility index (Phi) is 6.60. The summed E-state index contributed by atoms with van der Waals surface area (Å²) in [5.41, 5.74) is 1.77. The molecule has 0 aromatic heterocycles. The number of nitrogens with zero attached hydrogens (tertiary/aromatic N) is 3. The Balaban J connectivity index is 2.00. The fourth-order valence-electron chi connectivity index (χ4n) is 3.85. The van der Waals surface area contributed by atoms with Gasteiger partial charge in [0, 0.05) is 24.2 Å². The second-order valence-corrected chi connectivity index (χ2v) is 8.02. The monoisotopic (exact) mass is 423 g/mol. The molecule has 31 heavy (non-hydrogen) atoms. The lowest BCUT2D eigenvalue weighted by molar-refractivity contribution is -0.384. The molecule has 1 aliphatic rings. The molecular formula is C23H25N3O5. The summed E-state index contributed by atoms with van der Waals surface area (Å²) in [4.78, 5) is 53.0. The maximum absolute atomic E-state index is 13.3. The molecule has 0 radical (unpaired) electrons. The summed E-state index contributed by atoms with van der Waals surface area (Å²) < 4.78 is 0. The van der Waals surface area contributed by atoms with Crippen molar-refractivity contribution >= 4 is 23.2 Å². The molecule has 0 bridgehead atoms. The van der Waals surface area contributed by atoms with Crippen LogP contribution in [-0.4, -0.2) is 59.4 Å². The highest BCUT2D eigenvalue weighted by Gasteiger charge is 2.51. The van der Waals surface area contributed by atoms with Gasteiger partial charge in [0.05, 0.1) is 11.0 Å².